The predicted octanol–water partition coefficient (Wildman–Crippen LogP) is 2.94. The van der Waals surface area contributed by atoms with Crippen LogP contribution >= 0.6 is 11.3 Å². The van der Waals surface area contributed by atoms with Crippen LogP contribution in [0.1, 0.15) is 44.5 Å². The molecule has 1 aliphatic rings. The van der Waals surface area contributed by atoms with E-state index in [4.69, 9.17) is 4.98 Å². The van der Waals surface area contributed by atoms with E-state index < -0.39 is 0 Å². The molecule has 0 fully saturated rings. The minimum Gasteiger partial charge on any atom is -0.354 e. The number of hydrogen-bond acceptors (Lipinski definition) is 3. The second kappa shape index (κ2) is 5.64. The van der Waals surface area contributed by atoms with Crippen LogP contribution in [0.15, 0.2) is 12.3 Å². The molecule has 0 N–H and O–H groups in total. The molecule has 0 aliphatic heterocycles. The molecule has 2 aromatic heterocycles. The molecule has 2 heterocycles. The molecule has 1 amide bonds. The Hall–Kier alpha value is -1.62. The van der Waals surface area contributed by atoms with Gasteiger partial charge < -0.3 is 9.47 Å². The van der Waals surface area contributed by atoms with E-state index in [-0.39, 0.29) is 5.91 Å². The van der Waals surface area contributed by atoms with E-state index in [1.165, 1.54) is 23.4 Å². The van der Waals surface area contributed by atoms with Gasteiger partial charge in [0.05, 0.1) is 17.8 Å². The molecule has 0 unspecified atom stereocenters. The highest BCUT2D eigenvalue weighted by molar-refractivity contribution is 7.11. The lowest BCUT2D eigenvalue weighted by molar-refractivity contribution is 0.0784. The fourth-order valence-electron chi connectivity index (χ4n) is 2.79. The molecule has 4 nitrogen and oxygen atoms in total. The molecule has 21 heavy (non-hydrogen) atoms. The predicted molar refractivity (Wildman–Crippen MR) is 84.7 cm³/mol. The molecular weight excluding hydrogens is 282 g/mol. The summed E-state index contributed by atoms with van der Waals surface area (Å²) >= 11 is 1.78. The minimum atomic E-state index is 0.0706. The van der Waals surface area contributed by atoms with Gasteiger partial charge in [0.1, 0.15) is 5.01 Å². The van der Waals surface area contributed by atoms with Crippen molar-refractivity contribution in [3.8, 4) is 0 Å². The normalized spacial score (nSPS) is 14.0. The largest absolute Gasteiger partial charge is 0.354 e. The van der Waals surface area contributed by atoms with E-state index in [1.54, 1.807) is 16.2 Å². The third-order valence-corrected chi connectivity index (χ3v) is 5.37. The van der Waals surface area contributed by atoms with E-state index in [2.05, 4.69) is 0 Å². The van der Waals surface area contributed by atoms with Crippen LogP contribution in [0.5, 0.6) is 0 Å². The Morgan fingerprint density at radius 1 is 1.43 bits per heavy atom. The molecule has 0 saturated carbocycles. The second-order valence-electron chi connectivity index (χ2n) is 5.77. The van der Waals surface area contributed by atoms with Crippen LogP contribution in [0.3, 0.4) is 0 Å². The van der Waals surface area contributed by atoms with E-state index in [0.717, 1.165) is 29.1 Å². The van der Waals surface area contributed by atoms with Crippen LogP contribution in [0.2, 0.25) is 0 Å². The van der Waals surface area contributed by atoms with Gasteiger partial charge in [-0.2, -0.15) is 0 Å². The summed E-state index contributed by atoms with van der Waals surface area (Å²) in [6.07, 6.45) is 6.70. The van der Waals surface area contributed by atoms with Crippen molar-refractivity contribution in [1.29, 1.82) is 0 Å². The third kappa shape index (κ3) is 2.75. The maximum atomic E-state index is 12.5. The summed E-state index contributed by atoms with van der Waals surface area (Å²) in [5.41, 5.74) is 3.05. The molecule has 0 radical (unpaired) electrons. The number of nitrogens with zero attached hydrogens (tertiary/aromatic N) is 3. The number of fused-ring (bicyclic) bond motifs is 1. The first-order valence-corrected chi connectivity index (χ1v) is 8.22. The lowest BCUT2D eigenvalue weighted by Gasteiger charge is -2.15. The number of carbonyl (C=O) groups is 1. The number of hydrogen-bond donors (Lipinski definition) is 0. The van der Waals surface area contributed by atoms with Crippen molar-refractivity contribution in [3.05, 3.63) is 39.1 Å². The summed E-state index contributed by atoms with van der Waals surface area (Å²) in [6.45, 7) is 2.58. The first-order chi connectivity index (χ1) is 10.1. The Labute approximate surface area is 129 Å². The molecule has 3 rings (SSSR count). The number of aryl methyl sites for hydroxylation is 3. The number of rotatable bonds is 3. The van der Waals surface area contributed by atoms with Crippen molar-refractivity contribution < 1.29 is 4.79 Å². The fraction of sp³-hybridized carbons (Fsp3) is 0.500. The number of aromatic nitrogens is 2. The molecule has 2 aromatic rings. The van der Waals surface area contributed by atoms with Gasteiger partial charge in [-0.25, -0.2) is 4.98 Å². The van der Waals surface area contributed by atoms with Gasteiger partial charge in [-0.05, 0) is 38.7 Å². The van der Waals surface area contributed by atoms with E-state index in [1.807, 2.05) is 37.8 Å². The van der Waals surface area contributed by atoms with Crippen molar-refractivity contribution in [2.45, 2.75) is 39.2 Å². The molecule has 0 aromatic carbocycles. The molecule has 0 spiro atoms. The minimum absolute atomic E-state index is 0.0706. The van der Waals surface area contributed by atoms with Crippen LogP contribution in [0.25, 0.3) is 0 Å². The van der Waals surface area contributed by atoms with Gasteiger partial charge in [0.2, 0.25) is 0 Å². The maximum Gasteiger partial charge on any atom is 0.255 e. The zero-order valence-corrected chi connectivity index (χ0v) is 13.7. The molecule has 0 atom stereocenters. The van der Waals surface area contributed by atoms with Crippen LogP contribution in [-0.4, -0.2) is 27.4 Å². The van der Waals surface area contributed by atoms with Gasteiger partial charge in [-0.15, -0.1) is 11.3 Å². The highest BCUT2D eigenvalue weighted by Crippen LogP contribution is 2.27. The van der Waals surface area contributed by atoms with E-state index in [0.29, 0.717) is 6.54 Å². The van der Waals surface area contributed by atoms with Crippen molar-refractivity contribution in [2.75, 3.05) is 7.05 Å². The molecular formula is C16H21N3OS. The van der Waals surface area contributed by atoms with Gasteiger partial charge in [-0.3, -0.25) is 4.79 Å². The van der Waals surface area contributed by atoms with Gasteiger partial charge in [0.15, 0.2) is 0 Å². The Bertz CT molecular complexity index is 648. The van der Waals surface area contributed by atoms with Crippen molar-refractivity contribution in [1.82, 2.24) is 14.5 Å². The molecule has 112 valence electrons. The van der Waals surface area contributed by atoms with Crippen LogP contribution in [-0.2, 0) is 26.4 Å². The first-order valence-electron chi connectivity index (χ1n) is 7.41. The zero-order valence-electron chi connectivity index (χ0n) is 12.8. The average molecular weight is 303 g/mol. The Morgan fingerprint density at radius 2 is 2.19 bits per heavy atom. The highest BCUT2D eigenvalue weighted by atomic mass is 32.1. The summed E-state index contributed by atoms with van der Waals surface area (Å²) in [5.74, 6) is 0.0706. The zero-order chi connectivity index (χ0) is 15.0. The third-order valence-electron chi connectivity index (χ3n) is 4.22. The molecule has 0 bridgehead atoms. The van der Waals surface area contributed by atoms with Gasteiger partial charge in [0, 0.05) is 30.9 Å². The summed E-state index contributed by atoms with van der Waals surface area (Å²) < 4.78 is 1.98. The van der Waals surface area contributed by atoms with Crippen LogP contribution in [0.4, 0.5) is 0 Å². The highest BCUT2D eigenvalue weighted by Gasteiger charge is 2.20. The van der Waals surface area contributed by atoms with E-state index >= 15 is 0 Å². The monoisotopic (exact) mass is 303 g/mol. The standard InChI is InChI=1S/C16H21N3OS/c1-11-12(8-9-18(11)2)16(20)19(3)10-15-17-13-6-4-5-7-14(13)21-15/h8-9H,4-7,10H2,1-3H3. The van der Waals surface area contributed by atoms with Gasteiger partial charge >= 0.3 is 0 Å². The lowest BCUT2D eigenvalue weighted by atomic mass is 10.0. The summed E-state index contributed by atoms with van der Waals surface area (Å²) in [5, 5.41) is 1.06. The topological polar surface area (TPSA) is 38.1 Å². The quantitative estimate of drug-likeness (QED) is 0.874. The molecule has 0 saturated heterocycles. The molecule has 5 heteroatoms. The van der Waals surface area contributed by atoms with Crippen molar-refractivity contribution in [3.63, 3.8) is 0 Å². The van der Waals surface area contributed by atoms with Gasteiger partial charge in [-0.1, -0.05) is 0 Å². The smallest absolute Gasteiger partial charge is 0.255 e. The first kappa shape index (κ1) is 14.3. The van der Waals surface area contributed by atoms with Crippen molar-refractivity contribution >= 4 is 17.2 Å². The summed E-state index contributed by atoms with van der Waals surface area (Å²) in [7, 11) is 3.82. The fourth-order valence-corrected chi connectivity index (χ4v) is 4.00. The number of carbonyl (C=O) groups excluding carboxylic acids is 1. The van der Waals surface area contributed by atoms with Crippen LogP contribution < -0.4 is 0 Å². The van der Waals surface area contributed by atoms with E-state index in [9.17, 15) is 4.79 Å². The SMILES string of the molecule is Cc1c(C(=O)N(C)Cc2nc3c(s2)CCCC3)ccn1C. The lowest BCUT2D eigenvalue weighted by Crippen LogP contribution is -2.26. The number of thiazole rings is 1. The van der Waals surface area contributed by atoms with Gasteiger partial charge in [0.25, 0.3) is 5.91 Å². The number of amides is 1. The summed E-state index contributed by atoms with van der Waals surface area (Å²) in [4.78, 5) is 20.4. The maximum absolute atomic E-state index is 12.5. The Morgan fingerprint density at radius 3 is 2.86 bits per heavy atom. The Kier molecular flexibility index (Phi) is 3.85. The average Bonchev–Trinajstić information content (AvgIpc) is 3.02. The van der Waals surface area contributed by atoms with Crippen LogP contribution in [0, 0.1) is 6.92 Å². The Balaban J connectivity index is 1.74. The summed E-state index contributed by atoms with van der Waals surface area (Å²) in [6, 6.07) is 1.89. The molecule has 1 aliphatic carbocycles. The second-order valence-corrected chi connectivity index (χ2v) is 6.94. The van der Waals surface area contributed by atoms with Crippen molar-refractivity contribution in [2.24, 2.45) is 7.05 Å².